The second-order valence-electron chi connectivity index (χ2n) is 2.84. The van der Waals surface area contributed by atoms with Gasteiger partial charge in [-0.1, -0.05) is 0 Å². The minimum atomic E-state index is -3.77. The molecule has 14 heavy (non-hydrogen) atoms. The molecular formula is C8H14O5S. The first kappa shape index (κ1) is 13.0. The van der Waals surface area contributed by atoms with Crippen molar-refractivity contribution < 1.29 is 23.1 Å². The second-order valence-corrected chi connectivity index (χ2v) is 5.31. The summed E-state index contributed by atoms with van der Waals surface area (Å²) >= 11 is 0. The zero-order valence-corrected chi connectivity index (χ0v) is 9.17. The molecule has 0 atom stereocenters. The van der Waals surface area contributed by atoms with E-state index >= 15 is 0 Å². The molecule has 0 amide bonds. The summed E-state index contributed by atoms with van der Waals surface area (Å²) in [5, 5.41) is 7.88. The Balaban J connectivity index is 5.14. The van der Waals surface area contributed by atoms with E-state index < -0.39 is 26.0 Å². The minimum Gasteiger partial charge on any atom is -0.500 e. The lowest BCUT2D eigenvalue weighted by Gasteiger charge is -2.07. The van der Waals surface area contributed by atoms with E-state index in [1.165, 1.54) is 13.8 Å². The standard InChI is InChI=1S/C8H14O5S/c1-4-13-5-7(8(9)10)14(11,12)6(2)3/h5-6H,4H2,1-3H3,(H,9,10)/b7-5+. The summed E-state index contributed by atoms with van der Waals surface area (Å²) in [6.07, 6.45) is 0.775. The lowest BCUT2D eigenvalue weighted by Crippen LogP contribution is -2.21. The molecule has 0 fully saturated rings. The third-order valence-corrected chi connectivity index (χ3v) is 3.62. The molecule has 0 saturated heterocycles. The number of rotatable bonds is 5. The van der Waals surface area contributed by atoms with Gasteiger partial charge in [-0.15, -0.1) is 0 Å². The predicted octanol–water partition coefficient (Wildman–Crippen LogP) is 0.772. The molecule has 0 aromatic rings. The fourth-order valence-corrected chi connectivity index (χ4v) is 1.61. The third-order valence-electron chi connectivity index (χ3n) is 1.49. The average molecular weight is 222 g/mol. The average Bonchev–Trinajstić information content (AvgIpc) is 2.03. The van der Waals surface area contributed by atoms with E-state index in [0.29, 0.717) is 0 Å². The van der Waals surface area contributed by atoms with Crippen LogP contribution >= 0.6 is 0 Å². The van der Waals surface area contributed by atoms with Crippen molar-refractivity contribution in [2.24, 2.45) is 0 Å². The first-order chi connectivity index (χ1) is 6.34. The molecule has 6 heteroatoms. The van der Waals surface area contributed by atoms with Crippen molar-refractivity contribution in [1.82, 2.24) is 0 Å². The van der Waals surface area contributed by atoms with Gasteiger partial charge in [-0.3, -0.25) is 0 Å². The topological polar surface area (TPSA) is 80.7 Å². The maximum Gasteiger partial charge on any atom is 0.350 e. The van der Waals surface area contributed by atoms with Crippen molar-refractivity contribution in [1.29, 1.82) is 0 Å². The van der Waals surface area contributed by atoms with Gasteiger partial charge in [0.25, 0.3) is 0 Å². The summed E-state index contributed by atoms with van der Waals surface area (Å²) in [5.41, 5.74) is 0. The van der Waals surface area contributed by atoms with Crippen molar-refractivity contribution in [2.45, 2.75) is 26.0 Å². The van der Waals surface area contributed by atoms with Crippen molar-refractivity contribution >= 4 is 15.8 Å². The Kier molecular flexibility index (Phi) is 4.62. The summed E-state index contributed by atoms with van der Waals surface area (Å²) < 4.78 is 27.6. The van der Waals surface area contributed by atoms with Gasteiger partial charge >= 0.3 is 5.97 Å². The molecule has 0 unspecified atom stereocenters. The highest BCUT2D eigenvalue weighted by atomic mass is 32.2. The largest absolute Gasteiger partial charge is 0.500 e. The highest BCUT2D eigenvalue weighted by Crippen LogP contribution is 2.13. The number of sulfone groups is 1. The molecular weight excluding hydrogens is 208 g/mol. The number of carboxylic acids is 1. The Bertz CT molecular complexity index is 326. The molecule has 1 N–H and O–H groups in total. The molecule has 0 aromatic carbocycles. The zero-order valence-electron chi connectivity index (χ0n) is 8.35. The summed E-state index contributed by atoms with van der Waals surface area (Å²) in [5.74, 6) is -1.49. The Hall–Kier alpha value is -1.04. The molecule has 0 aliphatic carbocycles. The zero-order chi connectivity index (χ0) is 11.4. The van der Waals surface area contributed by atoms with E-state index in [0.717, 1.165) is 6.26 Å². The smallest absolute Gasteiger partial charge is 0.350 e. The van der Waals surface area contributed by atoms with Crippen LogP contribution in [0, 0.1) is 0 Å². The number of aliphatic carboxylic acids is 1. The SMILES string of the molecule is CCO/C=C(\C(=O)O)S(=O)(=O)C(C)C. The Labute approximate surface area is 83.3 Å². The lowest BCUT2D eigenvalue weighted by atomic mass is 10.6. The highest BCUT2D eigenvalue weighted by Gasteiger charge is 2.28. The third kappa shape index (κ3) is 3.02. The molecule has 0 aliphatic heterocycles. The number of hydrogen-bond acceptors (Lipinski definition) is 4. The van der Waals surface area contributed by atoms with E-state index in [1.807, 2.05) is 0 Å². The molecule has 0 saturated carbocycles. The molecule has 0 heterocycles. The molecule has 82 valence electrons. The predicted molar refractivity (Wildman–Crippen MR) is 51.4 cm³/mol. The van der Waals surface area contributed by atoms with Crippen LogP contribution in [0.25, 0.3) is 0 Å². The summed E-state index contributed by atoms with van der Waals surface area (Å²) in [7, 11) is -3.77. The lowest BCUT2D eigenvalue weighted by molar-refractivity contribution is -0.132. The number of ether oxygens (including phenoxy) is 1. The summed E-state index contributed by atoms with van der Waals surface area (Å²) in [6, 6.07) is 0. The van der Waals surface area contributed by atoms with Crippen molar-refractivity contribution in [3.63, 3.8) is 0 Å². The van der Waals surface area contributed by atoms with Crippen LogP contribution in [0.2, 0.25) is 0 Å². The van der Waals surface area contributed by atoms with Crippen LogP contribution in [-0.2, 0) is 19.4 Å². The first-order valence-corrected chi connectivity index (χ1v) is 5.67. The van der Waals surface area contributed by atoms with Gasteiger partial charge in [0.05, 0.1) is 11.9 Å². The van der Waals surface area contributed by atoms with Gasteiger partial charge in [-0.25, -0.2) is 13.2 Å². The van der Waals surface area contributed by atoms with Crippen LogP contribution in [0.15, 0.2) is 11.2 Å². The number of hydrogen-bond donors (Lipinski definition) is 1. The minimum absolute atomic E-state index is 0.227. The first-order valence-electron chi connectivity index (χ1n) is 4.13. The Morgan fingerprint density at radius 1 is 1.50 bits per heavy atom. The molecule has 0 bridgehead atoms. The van der Waals surface area contributed by atoms with Crippen LogP contribution in [0.1, 0.15) is 20.8 Å². The van der Waals surface area contributed by atoms with Gasteiger partial charge in [0.1, 0.15) is 6.26 Å². The van der Waals surface area contributed by atoms with E-state index in [1.54, 1.807) is 6.92 Å². The van der Waals surface area contributed by atoms with Gasteiger partial charge in [0, 0.05) is 0 Å². The van der Waals surface area contributed by atoms with Crippen molar-refractivity contribution in [2.75, 3.05) is 6.61 Å². The van der Waals surface area contributed by atoms with Crippen LogP contribution in [0.5, 0.6) is 0 Å². The van der Waals surface area contributed by atoms with Crippen LogP contribution in [0.3, 0.4) is 0 Å². The molecule has 0 radical (unpaired) electrons. The van der Waals surface area contributed by atoms with Crippen LogP contribution in [0.4, 0.5) is 0 Å². The maximum absolute atomic E-state index is 11.4. The van der Waals surface area contributed by atoms with Crippen molar-refractivity contribution in [3.05, 3.63) is 11.2 Å². The molecule has 0 aromatic heterocycles. The summed E-state index contributed by atoms with van der Waals surface area (Å²) in [4.78, 5) is 9.93. The molecule has 0 rings (SSSR count). The van der Waals surface area contributed by atoms with E-state index in [9.17, 15) is 13.2 Å². The van der Waals surface area contributed by atoms with E-state index in [2.05, 4.69) is 4.74 Å². The number of carboxylic acid groups (broad SMARTS) is 1. The van der Waals surface area contributed by atoms with Crippen molar-refractivity contribution in [3.8, 4) is 0 Å². The van der Waals surface area contributed by atoms with Gasteiger partial charge in [0.2, 0.25) is 0 Å². The van der Waals surface area contributed by atoms with Gasteiger partial charge < -0.3 is 9.84 Å². The molecule has 5 nitrogen and oxygen atoms in total. The normalized spacial score (nSPS) is 13.0. The quantitative estimate of drug-likeness (QED) is 0.549. The monoisotopic (exact) mass is 222 g/mol. The highest BCUT2D eigenvalue weighted by molar-refractivity contribution is 7.96. The summed E-state index contributed by atoms with van der Waals surface area (Å²) in [6.45, 7) is 4.69. The van der Waals surface area contributed by atoms with Crippen LogP contribution in [-0.4, -0.2) is 31.4 Å². The Morgan fingerprint density at radius 3 is 2.29 bits per heavy atom. The van der Waals surface area contributed by atoms with Crippen LogP contribution < -0.4 is 0 Å². The fraction of sp³-hybridized carbons (Fsp3) is 0.625. The fourth-order valence-electron chi connectivity index (χ4n) is 0.652. The number of carbonyl (C=O) groups is 1. The van der Waals surface area contributed by atoms with Gasteiger partial charge in [-0.2, -0.15) is 0 Å². The van der Waals surface area contributed by atoms with E-state index in [-0.39, 0.29) is 6.61 Å². The maximum atomic E-state index is 11.4. The van der Waals surface area contributed by atoms with E-state index in [4.69, 9.17) is 5.11 Å². The molecule has 0 aliphatic rings. The Morgan fingerprint density at radius 2 is 2.00 bits per heavy atom. The molecule has 0 spiro atoms. The van der Waals surface area contributed by atoms with Gasteiger partial charge in [0.15, 0.2) is 14.7 Å². The van der Waals surface area contributed by atoms with Gasteiger partial charge in [-0.05, 0) is 20.8 Å². The second kappa shape index (κ2) is 4.99.